The number of aryl methyl sites for hydroxylation is 1. The second-order valence-corrected chi connectivity index (χ2v) is 5.19. The van der Waals surface area contributed by atoms with Crippen molar-refractivity contribution in [2.45, 2.75) is 25.4 Å². The molecule has 126 valence electrons. The van der Waals surface area contributed by atoms with Crippen LogP contribution in [0.2, 0.25) is 0 Å². The Labute approximate surface area is 136 Å². The SMILES string of the molecule is O=C(CCn1cc[nH]c(=O)c1=O)NC(Cc1ccccc1)C(=O)O. The number of aromatic amines is 1. The highest BCUT2D eigenvalue weighted by atomic mass is 16.4. The maximum absolute atomic E-state index is 11.9. The molecule has 0 aliphatic carbocycles. The van der Waals surface area contributed by atoms with Crippen LogP contribution in [0, 0.1) is 0 Å². The van der Waals surface area contributed by atoms with E-state index >= 15 is 0 Å². The van der Waals surface area contributed by atoms with Gasteiger partial charge in [-0.15, -0.1) is 0 Å². The Hall–Kier alpha value is -3.16. The standard InChI is InChI=1S/C16H17N3O5/c20-13(6-8-19-9-7-17-14(21)15(19)22)18-12(16(23)24)10-11-4-2-1-3-5-11/h1-5,7,9,12H,6,8,10H2,(H,17,21)(H,18,20)(H,23,24). The number of benzene rings is 1. The highest BCUT2D eigenvalue weighted by Crippen LogP contribution is 2.04. The van der Waals surface area contributed by atoms with Crippen LogP contribution < -0.4 is 16.4 Å². The van der Waals surface area contributed by atoms with Gasteiger partial charge in [0, 0.05) is 31.8 Å². The second kappa shape index (κ2) is 7.91. The number of hydrogen-bond acceptors (Lipinski definition) is 4. The van der Waals surface area contributed by atoms with Gasteiger partial charge in [0.05, 0.1) is 0 Å². The van der Waals surface area contributed by atoms with Crippen LogP contribution in [0.25, 0.3) is 0 Å². The van der Waals surface area contributed by atoms with E-state index in [1.54, 1.807) is 24.3 Å². The minimum atomic E-state index is -1.14. The van der Waals surface area contributed by atoms with Crippen LogP contribution in [-0.2, 0) is 22.6 Å². The Balaban J connectivity index is 1.96. The Kier molecular flexibility index (Phi) is 5.67. The van der Waals surface area contributed by atoms with Crippen LogP contribution in [-0.4, -0.2) is 32.6 Å². The van der Waals surface area contributed by atoms with Gasteiger partial charge >= 0.3 is 17.1 Å². The van der Waals surface area contributed by atoms with Crippen molar-refractivity contribution in [3.63, 3.8) is 0 Å². The van der Waals surface area contributed by atoms with E-state index in [9.17, 15) is 24.3 Å². The molecule has 0 bridgehead atoms. The monoisotopic (exact) mass is 331 g/mol. The zero-order valence-electron chi connectivity index (χ0n) is 12.8. The highest BCUT2D eigenvalue weighted by Gasteiger charge is 2.20. The second-order valence-electron chi connectivity index (χ2n) is 5.19. The zero-order chi connectivity index (χ0) is 17.5. The van der Waals surface area contributed by atoms with E-state index in [-0.39, 0.29) is 19.4 Å². The average molecular weight is 331 g/mol. The third-order valence-corrected chi connectivity index (χ3v) is 3.42. The lowest BCUT2D eigenvalue weighted by Gasteiger charge is -2.15. The number of hydrogen-bond donors (Lipinski definition) is 3. The number of carboxylic acids is 1. The average Bonchev–Trinajstić information content (AvgIpc) is 2.56. The molecular formula is C16H17N3O5. The molecule has 0 aliphatic rings. The van der Waals surface area contributed by atoms with Crippen molar-refractivity contribution in [2.24, 2.45) is 0 Å². The maximum atomic E-state index is 11.9. The minimum absolute atomic E-state index is 0.00768. The van der Waals surface area contributed by atoms with Crippen molar-refractivity contribution in [1.82, 2.24) is 14.9 Å². The lowest BCUT2D eigenvalue weighted by Crippen LogP contribution is -2.43. The van der Waals surface area contributed by atoms with E-state index < -0.39 is 29.0 Å². The molecule has 0 saturated carbocycles. The molecular weight excluding hydrogens is 314 g/mol. The van der Waals surface area contributed by atoms with E-state index in [0.29, 0.717) is 0 Å². The number of carbonyl (C=O) groups is 2. The summed E-state index contributed by atoms with van der Waals surface area (Å²) in [5.41, 5.74) is -0.745. The van der Waals surface area contributed by atoms with Crippen LogP contribution in [0.4, 0.5) is 0 Å². The lowest BCUT2D eigenvalue weighted by atomic mass is 10.1. The first kappa shape index (κ1) is 17.2. The quantitative estimate of drug-likeness (QED) is 0.604. The first-order valence-corrected chi connectivity index (χ1v) is 7.31. The molecule has 1 atom stereocenters. The van der Waals surface area contributed by atoms with Gasteiger partial charge in [-0.1, -0.05) is 30.3 Å². The summed E-state index contributed by atoms with van der Waals surface area (Å²) in [6.45, 7) is -0.00768. The van der Waals surface area contributed by atoms with Crippen LogP contribution in [0.3, 0.4) is 0 Å². The number of amides is 1. The molecule has 0 radical (unpaired) electrons. The molecule has 0 fully saturated rings. The molecule has 2 rings (SSSR count). The normalized spacial score (nSPS) is 11.7. The first-order valence-electron chi connectivity index (χ1n) is 7.31. The molecule has 1 unspecified atom stereocenters. The van der Waals surface area contributed by atoms with Crippen molar-refractivity contribution in [2.75, 3.05) is 0 Å². The fourth-order valence-electron chi connectivity index (χ4n) is 2.18. The van der Waals surface area contributed by atoms with Crippen LogP contribution in [0.15, 0.2) is 52.3 Å². The van der Waals surface area contributed by atoms with Gasteiger partial charge in [0.25, 0.3) is 0 Å². The van der Waals surface area contributed by atoms with Crippen LogP contribution >= 0.6 is 0 Å². The number of aromatic nitrogens is 2. The lowest BCUT2D eigenvalue weighted by molar-refractivity contribution is -0.141. The van der Waals surface area contributed by atoms with Crippen LogP contribution in [0.1, 0.15) is 12.0 Å². The summed E-state index contributed by atoms with van der Waals surface area (Å²) in [6, 6.07) is 7.88. The molecule has 8 heteroatoms. The predicted molar refractivity (Wildman–Crippen MR) is 85.7 cm³/mol. The number of aliphatic carboxylic acids is 1. The fourth-order valence-corrected chi connectivity index (χ4v) is 2.18. The summed E-state index contributed by atoms with van der Waals surface area (Å²) in [4.78, 5) is 48.2. The number of carbonyl (C=O) groups excluding carboxylic acids is 1. The Morgan fingerprint density at radius 1 is 1.21 bits per heavy atom. The number of H-pyrrole nitrogens is 1. The van der Waals surface area contributed by atoms with Crippen molar-refractivity contribution in [3.05, 3.63) is 69.0 Å². The summed E-state index contributed by atoms with van der Waals surface area (Å²) < 4.78 is 1.10. The van der Waals surface area contributed by atoms with Crippen molar-refractivity contribution < 1.29 is 14.7 Å². The first-order chi connectivity index (χ1) is 11.5. The molecule has 0 aliphatic heterocycles. The Morgan fingerprint density at radius 3 is 2.58 bits per heavy atom. The summed E-state index contributed by atoms with van der Waals surface area (Å²) in [6.07, 6.45) is 2.71. The van der Waals surface area contributed by atoms with E-state index in [0.717, 1.165) is 10.1 Å². The molecule has 2 aromatic rings. The zero-order valence-corrected chi connectivity index (χ0v) is 12.8. The maximum Gasteiger partial charge on any atom is 0.326 e. The Morgan fingerprint density at radius 2 is 1.92 bits per heavy atom. The third kappa shape index (κ3) is 4.67. The van der Waals surface area contributed by atoms with E-state index in [2.05, 4.69) is 10.3 Å². The van der Waals surface area contributed by atoms with Gasteiger partial charge in [0.2, 0.25) is 5.91 Å². The van der Waals surface area contributed by atoms with Crippen molar-refractivity contribution in [1.29, 1.82) is 0 Å². The topological polar surface area (TPSA) is 121 Å². The van der Waals surface area contributed by atoms with Crippen molar-refractivity contribution in [3.8, 4) is 0 Å². The Bertz CT molecular complexity index is 825. The predicted octanol–water partition coefficient (Wildman–Crippen LogP) is -0.261. The summed E-state index contributed by atoms with van der Waals surface area (Å²) in [5, 5.41) is 11.7. The van der Waals surface area contributed by atoms with Gasteiger partial charge < -0.3 is 20.0 Å². The molecule has 1 aromatic heterocycles. The molecule has 1 aromatic carbocycles. The van der Waals surface area contributed by atoms with E-state index in [4.69, 9.17) is 0 Å². The number of nitrogens with one attached hydrogen (secondary N) is 2. The molecule has 0 saturated heterocycles. The highest BCUT2D eigenvalue weighted by molar-refractivity contribution is 5.83. The van der Waals surface area contributed by atoms with Gasteiger partial charge in [-0.2, -0.15) is 0 Å². The summed E-state index contributed by atoms with van der Waals surface area (Å²) in [5.74, 6) is -1.65. The van der Waals surface area contributed by atoms with Gasteiger partial charge in [-0.3, -0.25) is 14.4 Å². The summed E-state index contributed by atoms with van der Waals surface area (Å²) >= 11 is 0. The number of carboxylic acid groups (broad SMARTS) is 1. The molecule has 3 N–H and O–H groups in total. The number of nitrogens with zero attached hydrogens (tertiary/aromatic N) is 1. The molecule has 1 amide bonds. The minimum Gasteiger partial charge on any atom is -0.480 e. The van der Waals surface area contributed by atoms with Gasteiger partial charge in [0.15, 0.2) is 0 Å². The molecule has 1 heterocycles. The third-order valence-electron chi connectivity index (χ3n) is 3.42. The van der Waals surface area contributed by atoms with Crippen molar-refractivity contribution >= 4 is 11.9 Å². The summed E-state index contributed by atoms with van der Waals surface area (Å²) in [7, 11) is 0. The molecule has 0 spiro atoms. The number of rotatable bonds is 7. The largest absolute Gasteiger partial charge is 0.480 e. The van der Waals surface area contributed by atoms with E-state index in [1.165, 1.54) is 12.4 Å². The van der Waals surface area contributed by atoms with Gasteiger partial charge in [-0.05, 0) is 5.56 Å². The smallest absolute Gasteiger partial charge is 0.326 e. The van der Waals surface area contributed by atoms with Gasteiger partial charge in [0.1, 0.15) is 6.04 Å². The van der Waals surface area contributed by atoms with Crippen LogP contribution in [0.5, 0.6) is 0 Å². The van der Waals surface area contributed by atoms with E-state index in [1.807, 2.05) is 6.07 Å². The molecule has 24 heavy (non-hydrogen) atoms. The van der Waals surface area contributed by atoms with Gasteiger partial charge in [-0.25, -0.2) is 4.79 Å². The fraction of sp³-hybridized carbons (Fsp3) is 0.250. The molecule has 8 nitrogen and oxygen atoms in total.